The highest BCUT2D eigenvalue weighted by Gasteiger charge is 2.32. The Kier molecular flexibility index (Phi) is 4.00. The fourth-order valence-electron chi connectivity index (χ4n) is 4.08. The van der Waals surface area contributed by atoms with Gasteiger partial charge in [-0.15, -0.1) is 0 Å². The third-order valence-electron chi connectivity index (χ3n) is 5.49. The number of rotatable bonds is 2. The summed E-state index contributed by atoms with van der Waals surface area (Å²) in [5.74, 6) is 1.30. The third kappa shape index (κ3) is 2.90. The maximum absolute atomic E-state index is 13.3. The lowest BCUT2D eigenvalue weighted by Gasteiger charge is -2.36. The van der Waals surface area contributed by atoms with Gasteiger partial charge in [-0.05, 0) is 44.0 Å². The summed E-state index contributed by atoms with van der Waals surface area (Å²) in [5, 5.41) is 0. The van der Waals surface area contributed by atoms with E-state index in [1.54, 1.807) is 13.0 Å². The van der Waals surface area contributed by atoms with Gasteiger partial charge in [-0.1, -0.05) is 0 Å². The molecule has 1 amide bonds. The highest BCUT2D eigenvalue weighted by molar-refractivity contribution is 5.75. The lowest BCUT2D eigenvalue weighted by atomic mass is 10.0. The van der Waals surface area contributed by atoms with E-state index in [9.17, 15) is 9.18 Å². The highest BCUT2D eigenvalue weighted by atomic mass is 19.1. The summed E-state index contributed by atoms with van der Waals surface area (Å²) in [6.45, 7) is 5.45. The van der Waals surface area contributed by atoms with Crippen LogP contribution in [-0.2, 0) is 4.79 Å². The van der Waals surface area contributed by atoms with Crippen LogP contribution in [0.4, 0.5) is 4.39 Å². The minimum absolute atomic E-state index is 0.183. The molecule has 2 aromatic rings. The number of nitrogens with zero attached hydrogens (tertiary/aromatic N) is 3. The van der Waals surface area contributed by atoms with Crippen LogP contribution in [0.3, 0.4) is 0 Å². The Labute approximate surface area is 140 Å². The van der Waals surface area contributed by atoms with Crippen LogP contribution in [0.25, 0.3) is 11.0 Å². The van der Waals surface area contributed by atoms with E-state index in [0.29, 0.717) is 12.0 Å². The quantitative estimate of drug-likeness (QED) is 0.920. The van der Waals surface area contributed by atoms with E-state index in [4.69, 9.17) is 0 Å². The molecule has 1 aromatic heterocycles. The Morgan fingerprint density at radius 2 is 2.04 bits per heavy atom. The van der Waals surface area contributed by atoms with Crippen molar-refractivity contribution in [2.75, 3.05) is 26.2 Å². The summed E-state index contributed by atoms with van der Waals surface area (Å²) < 4.78 is 13.3. The van der Waals surface area contributed by atoms with Gasteiger partial charge in [-0.2, -0.15) is 0 Å². The molecular weight excluding hydrogens is 307 g/mol. The number of hydrogen-bond donors (Lipinski definition) is 1. The number of benzene rings is 1. The van der Waals surface area contributed by atoms with Gasteiger partial charge < -0.3 is 9.88 Å². The molecule has 1 atom stereocenters. The highest BCUT2D eigenvalue weighted by Crippen LogP contribution is 2.30. The average Bonchev–Trinajstić information content (AvgIpc) is 3.21. The zero-order valence-corrected chi connectivity index (χ0v) is 14.0. The predicted octanol–water partition coefficient (Wildman–Crippen LogP) is 2.50. The first-order chi connectivity index (χ1) is 11.6. The van der Waals surface area contributed by atoms with Gasteiger partial charge in [0.2, 0.25) is 5.91 Å². The number of aromatic nitrogens is 2. The molecule has 1 N–H and O–H groups in total. The molecule has 0 saturated carbocycles. The standard InChI is InChI=1S/C18H23FN4O/c1-12(24)22-8-5-15(6-9-22)23-7-4-13(11-23)18-20-16-3-2-14(19)10-17(16)21-18/h2-3,10,13,15H,4-9,11H2,1H3,(H,20,21). The number of piperidine rings is 1. The van der Waals surface area contributed by atoms with E-state index in [-0.39, 0.29) is 11.7 Å². The number of hydrogen-bond acceptors (Lipinski definition) is 3. The molecule has 6 heteroatoms. The number of nitrogens with one attached hydrogen (secondary N) is 1. The molecule has 4 rings (SSSR count). The minimum atomic E-state index is -0.233. The number of halogens is 1. The fraction of sp³-hybridized carbons (Fsp3) is 0.556. The Morgan fingerprint density at radius 1 is 1.25 bits per heavy atom. The smallest absolute Gasteiger partial charge is 0.219 e. The Hall–Kier alpha value is -1.95. The van der Waals surface area contributed by atoms with Crippen molar-refractivity contribution in [2.45, 2.75) is 38.1 Å². The Morgan fingerprint density at radius 3 is 2.79 bits per heavy atom. The fourth-order valence-corrected chi connectivity index (χ4v) is 4.08. The third-order valence-corrected chi connectivity index (χ3v) is 5.49. The predicted molar refractivity (Wildman–Crippen MR) is 90.3 cm³/mol. The second-order valence-corrected chi connectivity index (χ2v) is 7.00. The van der Waals surface area contributed by atoms with E-state index < -0.39 is 0 Å². The molecule has 0 aliphatic carbocycles. The molecule has 3 heterocycles. The zero-order chi connectivity index (χ0) is 16.7. The number of imidazole rings is 1. The van der Waals surface area contributed by atoms with Gasteiger partial charge in [0.15, 0.2) is 0 Å². The lowest BCUT2D eigenvalue weighted by molar-refractivity contribution is -0.130. The summed E-state index contributed by atoms with van der Waals surface area (Å²) >= 11 is 0. The SMILES string of the molecule is CC(=O)N1CCC(N2CCC(c3nc4ccc(F)cc4[nH]3)C2)CC1. The van der Waals surface area contributed by atoms with Crippen molar-refractivity contribution in [1.29, 1.82) is 0 Å². The maximum Gasteiger partial charge on any atom is 0.219 e. The molecule has 24 heavy (non-hydrogen) atoms. The lowest BCUT2D eigenvalue weighted by Crippen LogP contribution is -2.45. The number of H-pyrrole nitrogens is 1. The van der Waals surface area contributed by atoms with Crippen molar-refractivity contribution in [3.8, 4) is 0 Å². The Balaban J connectivity index is 1.41. The van der Waals surface area contributed by atoms with E-state index in [0.717, 1.165) is 62.3 Å². The first-order valence-electron chi connectivity index (χ1n) is 8.75. The van der Waals surface area contributed by atoms with E-state index in [2.05, 4.69) is 14.9 Å². The number of carbonyl (C=O) groups excluding carboxylic acids is 1. The topological polar surface area (TPSA) is 52.2 Å². The Bertz CT molecular complexity index is 751. The van der Waals surface area contributed by atoms with Gasteiger partial charge in [-0.25, -0.2) is 9.37 Å². The van der Waals surface area contributed by atoms with Crippen molar-refractivity contribution in [3.05, 3.63) is 29.8 Å². The van der Waals surface area contributed by atoms with Crippen molar-refractivity contribution in [2.24, 2.45) is 0 Å². The van der Waals surface area contributed by atoms with Crippen LogP contribution < -0.4 is 0 Å². The summed E-state index contributed by atoms with van der Waals surface area (Å²) in [5.41, 5.74) is 1.61. The summed E-state index contributed by atoms with van der Waals surface area (Å²) in [4.78, 5) is 23.9. The number of fused-ring (bicyclic) bond motifs is 1. The number of aromatic amines is 1. The van der Waals surface area contributed by atoms with Crippen molar-refractivity contribution in [3.63, 3.8) is 0 Å². The van der Waals surface area contributed by atoms with Gasteiger partial charge in [-0.3, -0.25) is 9.69 Å². The van der Waals surface area contributed by atoms with E-state index in [1.165, 1.54) is 12.1 Å². The summed E-state index contributed by atoms with van der Waals surface area (Å²) in [6, 6.07) is 5.26. The van der Waals surface area contributed by atoms with Crippen LogP contribution in [0.5, 0.6) is 0 Å². The van der Waals surface area contributed by atoms with Crippen LogP contribution in [0, 0.1) is 5.82 Å². The largest absolute Gasteiger partial charge is 0.343 e. The molecule has 0 bridgehead atoms. The molecule has 2 saturated heterocycles. The molecule has 0 radical (unpaired) electrons. The average molecular weight is 330 g/mol. The minimum Gasteiger partial charge on any atom is -0.343 e. The number of likely N-dealkylation sites (tertiary alicyclic amines) is 2. The van der Waals surface area contributed by atoms with E-state index in [1.807, 2.05) is 4.90 Å². The molecule has 5 nitrogen and oxygen atoms in total. The van der Waals surface area contributed by atoms with Crippen molar-refractivity contribution < 1.29 is 9.18 Å². The summed E-state index contributed by atoms with van der Waals surface area (Å²) in [6.07, 6.45) is 3.19. The van der Waals surface area contributed by atoms with Gasteiger partial charge in [0.1, 0.15) is 11.6 Å². The van der Waals surface area contributed by atoms with Crippen LogP contribution in [-0.4, -0.2) is 57.9 Å². The second kappa shape index (κ2) is 6.16. The van der Waals surface area contributed by atoms with Crippen LogP contribution in [0.1, 0.15) is 37.9 Å². The normalized spacial score (nSPS) is 23.2. The van der Waals surface area contributed by atoms with Gasteiger partial charge >= 0.3 is 0 Å². The van der Waals surface area contributed by atoms with Gasteiger partial charge in [0.25, 0.3) is 0 Å². The van der Waals surface area contributed by atoms with Crippen LogP contribution in [0.15, 0.2) is 18.2 Å². The first kappa shape index (κ1) is 15.6. The molecule has 0 spiro atoms. The molecule has 2 aliphatic rings. The second-order valence-electron chi connectivity index (χ2n) is 7.00. The van der Waals surface area contributed by atoms with E-state index >= 15 is 0 Å². The zero-order valence-electron chi connectivity index (χ0n) is 14.0. The number of carbonyl (C=O) groups is 1. The first-order valence-corrected chi connectivity index (χ1v) is 8.75. The summed E-state index contributed by atoms with van der Waals surface area (Å²) in [7, 11) is 0. The maximum atomic E-state index is 13.3. The molecule has 2 fully saturated rings. The van der Waals surface area contributed by atoms with Crippen molar-refractivity contribution in [1.82, 2.24) is 19.8 Å². The molecule has 2 aliphatic heterocycles. The molecule has 1 aromatic carbocycles. The molecule has 1 unspecified atom stereocenters. The van der Waals surface area contributed by atoms with Crippen molar-refractivity contribution >= 4 is 16.9 Å². The number of amides is 1. The monoisotopic (exact) mass is 330 g/mol. The van der Waals surface area contributed by atoms with Crippen LogP contribution >= 0.6 is 0 Å². The van der Waals surface area contributed by atoms with Crippen LogP contribution in [0.2, 0.25) is 0 Å². The molecule has 128 valence electrons. The molecular formula is C18H23FN4O. The van der Waals surface area contributed by atoms with Gasteiger partial charge in [0.05, 0.1) is 11.0 Å². The van der Waals surface area contributed by atoms with Gasteiger partial charge in [0, 0.05) is 38.5 Å².